The molecule has 3 aromatic rings. The molecule has 3 heterocycles. The number of nitrogens with zero attached hydrogens (tertiary/aromatic N) is 3. The van der Waals surface area contributed by atoms with Gasteiger partial charge in [-0.1, -0.05) is 35.9 Å². The fourth-order valence-corrected chi connectivity index (χ4v) is 4.99. The molecule has 0 spiro atoms. The van der Waals surface area contributed by atoms with Crippen molar-refractivity contribution < 1.29 is 19.1 Å². The summed E-state index contributed by atoms with van der Waals surface area (Å²) in [5.74, 6) is 0.276. The summed E-state index contributed by atoms with van der Waals surface area (Å²) in [6.07, 6.45) is -0.622. The summed E-state index contributed by atoms with van der Waals surface area (Å²) in [5, 5.41) is 3.33. The minimum Gasteiger partial charge on any atom is -0.476 e. The molecular weight excluding hydrogens is 462 g/mol. The maximum Gasteiger partial charge on any atom is 0.265 e. The molecule has 33 heavy (non-hydrogen) atoms. The topological polar surface area (TPSA) is 72.0 Å². The molecular formula is C24H22ClN3O4S. The van der Waals surface area contributed by atoms with Gasteiger partial charge in [0.2, 0.25) is 5.91 Å². The first-order valence-corrected chi connectivity index (χ1v) is 12.0. The van der Waals surface area contributed by atoms with Crippen LogP contribution in [0.1, 0.15) is 5.69 Å². The predicted octanol–water partition coefficient (Wildman–Crippen LogP) is 3.66. The van der Waals surface area contributed by atoms with Gasteiger partial charge in [0.05, 0.1) is 37.6 Å². The second kappa shape index (κ2) is 9.51. The van der Waals surface area contributed by atoms with E-state index in [1.165, 1.54) is 11.3 Å². The molecule has 0 saturated carbocycles. The molecule has 0 aliphatic carbocycles. The normalized spacial score (nSPS) is 17.9. The number of anilines is 1. The summed E-state index contributed by atoms with van der Waals surface area (Å²) in [5.41, 5.74) is 2.26. The van der Waals surface area contributed by atoms with Crippen LogP contribution in [0, 0.1) is 0 Å². The summed E-state index contributed by atoms with van der Waals surface area (Å²) in [6, 6.07) is 14.8. The van der Waals surface area contributed by atoms with Gasteiger partial charge in [0, 0.05) is 29.1 Å². The van der Waals surface area contributed by atoms with Crippen LogP contribution < -0.4 is 9.64 Å². The lowest BCUT2D eigenvalue weighted by Gasteiger charge is -2.37. The molecule has 0 bridgehead atoms. The molecule has 1 saturated heterocycles. The second-order valence-electron chi connectivity index (χ2n) is 7.85. The van der Waals surface area contributed by atoms with Gasteiger partial charge in [-0.25, -0.2) is 4.98 Å². The van der Waals surface area contributed by atoms with Crippen LogP contribution >= 0.6 is 22.9 Å². The Labute approximate surface area is 200 Å². The van der Waals surface area contributed by atoms with Crippen molar-refractivity contribution in [2.75, 3.05) is 37.7 Å². The highest BCUT2D eigenvalue weighted by Crippen LogP contribution is 2.34. The number of aromatic nitrogens is 1. The Bertz CT molecular complexity index is 1180. The Morgan fingerprint density at radius 3 is 2.76 bits per heavy atom. The van der Waals surface area contributed by atoms with Crippen molar-refractivity contribution in [3.05, 3.63) is 64.6 Å². The van der Waals surface area contributed by atoms with E-state index < -0.39 is 6.10 Å². The molecule has 2 amide bonds. The summed E-state index contributed by atoms with van der Waals surface area (Å²) >= 11 is 7.57. The number of fused-ring (bicyclic) bond motifs is 1. The van der Waals surface area contributed by atoms with Crippen molar-refractivity contribution in [2.45, 2.75) is 12.5 Å². The minimum atomic E-state index is -0.751. The van der Waals surface area contributed by atoms with Crippen LogP contribution in [0.4, 0.5) is 5.69 Å². The number of carbonyl (C=O) groups is 2. The van der Waals surface area contributed by atoms with Crippen LogP contribution in [0.15, 0.2) is 53.9 Å². The van der Waals surface area contributed by atoms with Gasteiger partial charge in [-0.3, -0.25) is 9.59 Å². The quantitative estimate of drug-likeness (QED) is 0.566. The number of thiazole rings is 1. The fourth-order valence-electron chi connectivity index (χ4n) is 3.98. The highest BCUT2D eigenvalue weighted by molar-refractivity contribution is 7.13. The Morgan fingerprint density at radius 1 is 1.12 bits per heavy atom. The molecule has 0 N–H and O–H groups in total. The third kappa shape index (κ3) is 4.73. The van der Waals surface area contributed by atoms with Gasteiger partial charge in [-0.2, -0.15) is 0 Å². The van der Waals surface area contributed by atoms with Gasteiger partial charge >= 0.3 is 0 Å². The number of halogens is 1. The molecule has 2 aromatic carbocycles. The average Bonchev–Trinajstić information content (AvgIpc) is 3.32. The van der Waals surface area contributed by atoms with Crippen LogP contribution in [0.5, 0.6) is 5.75 Å². The van der Waals surface area contributed by atoms with E-state index in [1.54, 1.807) is 15.9 Å². The molecule has 2 aliphatic rings. The number of rotatable bonds is 4. The molecule has 1 aromatic heterocycles. The van der Waals surface area contributed by atoms with Crippen LogP contribution in [-0.4, -0.2) is 60.7 Å². The van der Waals surface area contributed by atoms with Gasteiger partial charge in [-0.15, -0.1) is 11.3 Å². The van der Waals surface area contributed by atoms with Gasteiger partial charge in [0.1, 0.15) is 10.8 Å². The third-order valence-electron chi connectivity index (χ3n) is 5.63. The molecule has 1 unspecified atom stereocenters. The van der Waals surface area contributed by atoms with E-state index in [4.69, 9.17) is 21.1 Å². The first-order chi connectivity index (χ1) is 16.1. The van der Waals surface area contributed by atoms with Crippen molar-refractivity contribution in [1.29, 1.82) is 0 Å². The van der Waals surface area contributed by atoms with E-state index >= 15 is 0 Å². The highest BCUT2D eigenvalue weighted by Gasteiger charge is 2.36. The Hall–Kier alpha value is -2.94. The molecule has 9 heteroatoms. The van der Waals surface area contributed by atoms with E-state index in [-0.39, 0.29) is 24.8 Å². The molecule has 2 aliphatic heterocycles. The number of benzene rings is 2. The summed E-state index contributed by atoms with van der Waals surface area (Å²) in [6.45, 7) is 2.24. The van der Waals surface area contributed by atoms with E-state index in [1.807, 2.05) is 47.8 Å². The van der Waals surface area contributed by atoms with Gasteiger partial charge in [-0.05, 0) is 24.3 Å². The molecule has 5 rings (SSSR count). The van der Waals surface area contributed by atoms with Crippen molar-refractivity contribution in [3.8, 4) is 16.3 Å². The summed E-state index contributed by atoms with van der Waals surface area (Å²) < 4.78 is 11.3. The number of hydrogen-bond donors (Lipinski definition) is 0. The number of hydrogen-bond acceptors (Lipinski definition) is 6. The minimum absolute atomic E-state index is 0.123. The van der Waals surface area contributed by atoms with Crippen LogP contribution in [0.2, 0.25) is 5.02 Å². The zero-order valence-corrected chi connectivity index (χ0v) is 19.3. The number of amides is 2. The monoisotopic (exact) mass is 483 g/mol. The summed E-state index contributed by atoms with van der Waals surface area (Å²) in [4.78, 5) is 34.4. The van der Waals surface area contributed by atoms with E-state index in [9.17, 15) is 9.59 Å². The number of ether oxygens (including phenoxy) is 2. The first kappa shape index (κ1) is 21.9. The average molecular weight is 484 g/mol. The molecule has 1 atom stereocenters. The SMILES string of the molecule is O=C(C1CN(C(=O)Cc2csc(-c3cccc(Cl)c3)n2)c2ccccc2O1)N1CCOCC1. The predicted molar refractivity (Wildman–Crippen MR) is 127 cm³/mol. The van der Waals surface area contributed by atoms with Gasteiger partial charge in [0.25, 0.3) is 5.91 Å². The van der Waals surface area contributed by atoms with Crippen molar-refractivity contribution in [1.82, 2.24) is 9.88 Å². The van der Waals surface area contributed by atoms with Crippen molar-refractivity contribution in [3.63, 3.8) is 0 Å². The van der Waals surface area contributed by atoms with Crippen LogP contribution in [0.25, 0.3) is 10.6 Å². The number of carbonyl (C=O) groups excluding carboxylic acids is 2. The molecule has 0 radical (unpaired) electrons. The van der Waals surface area contributed by atoms with E-state index in [2.05, 4.69) is 4.98 Å². The summed E-state index contributed by atoms with van der Waals surface area (Å²) in [7, 11) is 0. The first-order valence-electron chi connectivity index (χ1n) is 10.7. The van der Waals surface area contributed by atoms with Gasteiger partial charge < -0.3 is 19.3 Å². The zero-order chi connectivity index (χ0) is 22.8. The highest BCUT2D eigenvalue weighted by atomic mass is 35.5. The lowest BCUT2D eigenvalue weighted by atomic mass is 10.1. The van der Waals surface area contributed by atoms with Crippen molar-refractivity contribution in [2.24, 2.45) is 0 Å². The Kier molecular flexibility index (Phi) is 6.30. The third-order valence-corrected chi connectivity index (χ3v) is 6.80. The van der Waals surface area contributed by atoms with Gasteiger partial charge in [0.15, 0.2) is 6.10 Å². The number of morpholine rings is 1. The fraction of sp³-hybridized carbons (Fsp3) is 0.292. The van der Waals surface area contributed by atoms with E-state index in [0.717, 1.165) is 10.6 Å². The zero-order valence-electron chi connectivity index (χ0n) is 17.8. The largest absolute Gasteiger partial charge is 0.476 e. The van der Waals surface area contributed by atoms with Crippen molar-refractivity contribution >= 4 is 40.4 Å². The standard InChI is InChI=1S/C24H22ClN3O4S/c25-17-5-3-4-16(12-17)23-26-18(15-33-23)13-22(29)28-14-21(24(30)27-8-10-31-11-9-27)32-20-7-2-1-6-19(20)28/h1-7,12,15,21H,8-11,13-14H2. The molecule has 1 fully saturated rings. The lowest BCUT2D eigenvalue weighted by molar-refractivity contribution is -0.142. The van der Waals surface area contributed by atoms with E-state index in [0.29, 0.717) is 48.5 Å². The number of para-hydroxylation sites is 2. The smallest absolute Gasteiger partial charge is 0.265 e. The Morgan fingerprint density at radius 2 is 1.94 bits per heavy atom. The maximum absolute atomic E-state index is 13.3. The Balaban J connectivity index is 1.35. The van der Waals surface area contributed by atoms with Crippen LogP contribution in [-0.2, 0) is 20.7 Å². The second-order valence-corrected chi connectivity index (χ2v) is 9.14. The maximum atomic E-state index is 13.3. The lowest BCUT2D eigenvalue weighted by Crippen LogP contribution is -2.54. The molecule has 7 nitrogen and oxygen atoms in total. The molecule has 170 valence electrons. The van der Waals surface area contributed by atoms with Crippen LogP contribution in [0.3, 0.4) is 0 Å².